The smallest absolute Gasteiger partial charge is 0.0645 e. The van der Waals surface area contributed by atoms with Gasteiger partial charge in [-0.15, -0.1) is 0 Å². The van der Waals surface area contributed by atoms with E-state index in [2.05, 4.69) is 23.9 Å². The lowest BCUT2D eigenvalue weighted by Gasteiger charge is -2.17. The third kappa shape index (κ3) is 2.66. The average molecular weight is 222 g/mol. The van der Waals surface area contributed by atoms with Gasteiger partial charge >= 0.3 is 0 Å². The van der Waals surface area contributed by atoms with E-state index < -0.39 is 0 Å². The molecule has 0 fully saturated rings. The zero-order valence-electron chi connectivity index (χ0n) is 10.1. The average Bonchev–Trinajstić information content (AvgIpc) is 2.69. The Balaban J connectivity index is 1.91. The molecule has 0 saturated carbocycles. The summed E-state index contributed by atoms with van der Waals surface area (Å²) >= 11 is 0. The van der Waals surface area contributed by atoms with Gasteiger partial charge in [0, 0.05) is 31.6 Å². The van der Waals surface area contributed by atoms with Crippen molar-refractivity contribution in [2.75, 3.05) is 13.2 Å². The summed E-state index contributed by atoms with van der Waals surface area (Å²) in [6.45, 7) is 4.74. The maximum absolute atomic E-state index is 6.09. The van der Waals surface area contributed by atoms with Crippen LogP contribution in [0.4, 0.5) is 0 Å². The number of nitrogens with two attached hydrogens (primary N) is 1. The lowest BCUT2D eigenvalue weighted by molar-refractivity contribution is 0.127. The van der Waals surface area contributed by atoms with Crippen molar-refractivity contribution in [3.05, 3.63) is 23.5 Å². The zero-order chi connectivity index (χ0) is 11.4. The predicted octanol–water partition coefficient (Wildman–Crippen LogP) is 2.25. The highest BCUT2D eigenvalue weighted by Gasteiger charge is 2.18. The van der Waals surface area contributed by atoms with Crippen LogP contribution in [0.3, 0.4) is 0 Å². The molecule has 3 nitrogen and oxygen atoms in total. The summed E-state index contributed by atoms with van der Waals surface area (Å²) in [4.78, 5) is 0. The zero-order valence-corrected chi connectivity index (χ0v) is 10.1. The highest BCUT2D eigenvalue weighted by molar-refractivity contribution is 5.29. The van der Waals surface area contributed by atoms with Crippen LogP contribution < -0.4 is 5.73 Å². The number of nitrogens with zero attached hydrogens (tertiary/aromatic N) is 1. The minimum Gasteiger partial charge on any atom is -0.380 e. The molecule has 3 heteroatoms. The first-order chi connectivity index (χ1) is 7.81. The van der Waals surface area contributed by atoms with Gasteiger partial charge in [-0.3, -0.25) is 0 Å². The maximum atomic E-state index is 6.09. The van der Waals surface area contributed by atoms with Gasteiger partial charge in [0.2, 0.25) is 0 Å². The van der Waals surface area contributed by atoms with Crippen molar-refractivity contribution in [2.45, 2.75) is 45.2 Å². The Morgan fingerprint density at radius 2 is 2.31 bits per heavy atom. The highest BCUT2D eigenvalue weighted by atomic mass is 16.5. The molecule has 90 valence electrons. The summed E-state index contributed by atoms with van der Waals surface area (Å²) in [5.41, 5.74) is 8.88. The van der Waals surface area contributed by atoms with Crippen LogP contribution in [-0.4, -0.2) is 17.8 Å². The Labute approximate surface area is 97.6 Å². The minimum absolute atomic E-state index is 0.251. The molecule has 2 rings (SSSR count). The van der Waals surface area contributed by atoms with Gasteiger partial charge in [0.15, 0.2) is 0 Å². The molecule has 1 heterocycles. The van der Waals surface area contributed by atoms with Crippen LogP contribution in [-0.2, 0) is 17.7 Å². The lowest BCUT2D eigenvalue weighted by Crippen LogP contribution is -2.15. The molecule has 1 atom stereocenters. The van der Waals surface area contributed by atoms with Crippen LogP contribution in [0.1, 0.15) is 43.4 Å². The van der Waals surface area contributed by atoms with Gasteiger partial charge in [-0.05, 0) is 36.8 Å². The quantitative estimate of drug-likeness (QED) is 0.776. The molecule has 2 N–H and O–H groups in total. The van der Waals surface area contributed by atoms with E-state index in [0.717, 1.165) is 32.6 Å². The largest absolute Gasteiger partial charge is 0.380 e. The number of aromatic nitrogens is 1. The maximum Gasteiger partial charge on any atom is 0.0645 e. The normalized spacial score (nSPS) is 19.8. The molecule has 0 saturated heterocycles. The summed E-state index contributed by atoms with van der Waals surface area (Å²) in [7, 11) is 0. The fourth-order valence-corrected chi connectivity index (χ4v) is 2.33. The molecule has 1 aliphatic rings. The Bertz CT molecular complexity index is 333. The van der Waals surface area contributed by atoms with Crippen molar-refractivity contribution < 1.29 is 4.74 Å². The van der Waals surface area contributed by atoms with Gasteiger partial charge < -0.3 is 15.0 Å². The lowest BCUT2D eigenvalue weighted by atomic mass is 9.92. The van der Waals surface area contributed by atoms with Gasteiger partial charge in [0.05, 0.1) is 6.61 Å². The summed E-state index contributed by atoms with van der Waals surface area (Å²) in [6.07, 6.45) is 9.07. The Kier molecular flexibility index (Phi) is 4.02. The second-order valence-electron chi connectivity index (χ2n) is 4.59. The highest BCUT2D eigenvalue weighted by Crippen LogP contribution is 2.28. The topological polar surface area (TPSA) is 40.2 Å². The second kappa shape index (κ2) is 5.51. The summed E-state index contributed by atoms with van der Waals surface area (Å²) in [5.74, 6) is 0. The number of fused-ring (bicyclic) bond motifs is 1. The molecule has 16 heavy (non-hydrogen) atoms. The summed E-state index contributed by atoms with van der Waals surface area (Å²) < 4.78 is 7.72. The molecule has 0 amide bonds. The molecule has 1 aliphatic carbocycles. The standard InChI is InChI=1S/C13H22N2O/c1-2-7-16-8-6-15-9-11-4-3-5-13(14)12(11)10-15/h9-10,13H,2-8,14H2,1H3. The Morgan fingerprint density at radius 1 is 1.44 bits per heavy atom. The number of ether oxygens (including phenoxy) is 1. The van der Waals surface area contributed by atoms with Gasteiger partial charge in [-0.2, -0.15) is 0 Å². The van der Waals surface area contributed by atoms with Gasteiger partial charge in [-0.1, -0.05) is 6.92 Å². The molecule has 1 aromatic heterocycles. The van der Waals surface area contributed by atoms with Crippen molar-refractivity contribution in [3.63, 3.8) is 0 Å². The molecule has 0 aliphatic heterocycles. The van der Waals surface area contributed by atoms with Crippen LogP contribution in [0.2, 0.25) is 0 Å². The van der Waals surface area contributed by atoms with Crippen LogP contribution >= 0.6 is 0 Å². The summed E-state index contributed by atoms with van der Waals surface area (Å²) in [5, 5.41) is 0. The molecular formula is C13H22N2O. The van der Waals surface area contributed by atoms with E-state index in [1.807, 2.05) is 0 Å². The number of rotatable bonds is 5. The fraction of sp³-hybridized carbons (Fsp3) is 0.692. The molecular weight excluding hydrogens is 200 g/mol. The molecule has 0 spiro atoms. The van der Waals surface area contributed by atoms with Crippen molar-refractivity contribution >= 4 is 0 Å². The van der Waals surface area contributed by atoms with Crippen molar-refractivity contribution in [3.8, 4) is 0 Å². The molecule has 0 aromatic carbocycles. The molecule has 0 bridgehead atoms. The SMILES string of the molecule is CCCOCCn1cc2c(c1)C(N)CCC2. The van der Waals surface area contributed by atoms with Gasteiger partial charge in [-0.25, -0.2) is 0 Å². The van der Waals surface area contributed by atoms with Gasteiger partial charge in [0.25, 0.3) is 0 Å². The minimum atomic E-state index is 0.251. The van der Waals surface area contributed by atoms with Crippen LogP contribution in [0.15, 0.2) is 12.4 Å². The predicted molar refractivity (Wildman–Crippen MR) is 65.4 cm³/mol. The monoisotopic (exact) mass is 222 g/mol. The van der Waals surface area contributed by atoms with E-state index in [1.165, 1.54) is 24.0 Å². The number of hydrogen-bond acceptors (Lipinski definition) is 2. The van der Waals surface area contributed by atoms with Crippen LogP contribution in [0.5, 0.6) is 0 Å². The van der Waals surface area contributed by atoms with E-state index in [0.29, 0.717) is 0 Å². The third-order valence-corrected chi connectivity index (χ3v) is 3.20. The molecule has 1 aromatic rings. The van der Waals surface area contributed by atoms with Crippen molar-refractivity contribution in [1.82, 2.24) is 4.57 Å². The van der Waals surface area contributed by atoms with E-state index in [1.54, 1.807) is 0 Å². The molecule has 0 radical (unpaired) electrons. The first kappa shape index (κ1) is 11.7. The van der Waals surface area contributed by atoms with E-state index in [4.69, 9.17) is 10.5 Å². The summed E-state index contributed by atoms with van der Waals surface area (Å²) in [6, 6.07) is 0.251. The van der Waals surface area contributed by atoms with E-state index >= 15 is 0 Å². The van der Waals surface area contributed by atoms with Crippen molar-refractivity contribution in [2.24, 2.45) is 5.73 Å². The fourth-order valence-electron chi connectivity index (χ4n) is 2.33. The Morgan fingerprint density at radius 3 is 3.06 bits per heavy atom. The number of aryl methyl sites for hydroxylation is 1. The number of hydrogen-bond donors (Lipinski definition) is 1. The van der Waals surface area contributed by atoms with Crippen LogP contribution in [0, 0.1) is 0 Å². The van der Waals surface area contributed by atoms with Gasteiger partial charge in [0.1, 0.15) is 0 Å². The van der Waals surface area contributed by atoms with Crippen LogP contribution in [0.25, 0.3) is 0 Å². The first-order valence-corrected chi connectivity index (χ1v) is 6.33. The second-order valence-corrected chi connectivity index (χ2v) is 4.59. The first-order valence-electron chi connectivity index (χ1n) is 6.33. The Hall–Kier alpha value is -0.800. The van der Waals surface area contributed by atoms with E-state index in [9.17, 15) is 0 Å². The van der Waals surface area contributed by atoms with Crippen molar-refractivity contribution in [1.29, 1.82) is 0 Å². The third-order valence-electron chi connectivity index (χ3n) is 3.20. The molecule has 1 unspecified atom stereocenters. The van der Waals surface area contributed by atoms with E-state index in [-0.39, 0.29) is 6.04 Å².